The zero-order valence-corrected chi connectivity index (χ0v) is 21.7. The molecule has 2 aromatic carbocycles. The van der Waals surface area contributed by atoms with Gasteiger partial charge in [0.25, 0.3) is 5.91 Å². The minimum absolute atomic E-state index is 0.0768. The van der Waals surface area contributed by atoms with E-state index in [0.717, 1.165) is 49.4 Å². The minimum atomic E-state index is -4.40. The first-order valence-electron chi connectivity index (χ1n) is 12.6. The summed E-state index contributed by atoms with van der Waals surface area (Å²) in [5.41, 5.74) is 3.22. The zero-order chi connectivity index (χ0) is 26.2. The zero-order valence-electron chi connectivity index (χ0n) is 21.7. The number of hydrogen-bond acceptors (Lipinski definition) is 4. The van der Waals surface area contributed by atoms with Crippen LogP contribution in [0.3, 0.4) is 0 Å². The highest BCUT2D eigenvalue weighted by molar-refractivity contribution is 5.94. The second kappa shape index (κ2) is 10.4. The monoisotopic (exact) mass is 503 g/mol. The Balaban J connectivity index is 1.39. The number of carbonyl (C=O) groups excluding carboxylic acids is 1. The first kappa shape index (κ1) is 26.5. The first-order valence-corrected chi connectivity index (χ1v) is 12.6. The number of piperazine rings is 1. The molecule has 0 N–H and O–H groups in total. The van der Waals surface area contributed by atoms with Gasteiger partial charge in [0.15, 0.2) is 0 Å². The van der Waals surface area contributed by atoms with Crippen LogP contribution in [0.1, 0.15) is 58.4 Å². The Morgan fingerprint density at radius 3 is 2.33 bits per heavy atom. The van der Waals surface area contributed by atoms with Gasteiger partial charge in [0, 0.05) is 43.3 Å². The van der Waals surface area contributed by atoms with Gasteiger partial charge < -0.3 is 14.5 Å². The lowest BCUT2D eigenvalue weighted by atomic mass is 9.96. The molecule has 2 fully saturated rings. The predicted molar refractivity (Wildman–Crippen MR) is 134 cm³/mol. The molecule has 2 aromatic rings. The lowest BCUT2D eigenvalue weighted by molar-refractivity contribution is -0.137. The number of rotatable bonds is 8. The molecular weight excluding hydrogens is 467 g/mol. The van der Waals surface area contributed by atoms with Crippen molar-refractivity contribution in [3.63, 3.8) is 0 Å². The van der Waals surface area contributed by atoms with Gasteiger partial charge in [-0.2, -0.15) is 13.2 Å². The number of amides is 1. The molecule has 196 valence electrons. The topological polar surface area (TPSA) is 36.0 Å². The fourth-order valence-electron chi connectivity index (χ4n) is 5.56. The smallest absolute Gasteiger partial charge is 0.416 e. The lowest BCUT2D eigenvalue weighted by Crippen LogP contribution is -2.49. The summed E-state index contributed by atoms with van der Waals surface area (Å²) in [6, 6.07) is 9.28. The van der Waals surface area contributed by atoms with Crippen molar-refractivity contribution in [3.05, 3.63) is 64.2 Å². The van der Waals surface area contributed by atoms with Crippen LogP contribution in [0, 0.1) is 13.8 Å². The Labute approximate surface area is 211 Å². The normalized spacial score (nSPS) is 20.9. The molecule has 1 amide bonds. The third kappa shape index (κ3) is 5.39. The third-order valence-corrected chi connectivity index (χ3v) is 7.74. The van der Waals surface area contributed by atoms with Crippen molar-refractivity contribution in [2.75, 3.05) is 40.3 Å². The van der Waals surface area contributed by atoms with Crippen LogP contribution < -0.4 is 4.74 Å². The van der Waals surface area contributed by atoms with Crippen LogP contribution in [-0.2, 0) is 6.18 Å². The molecule has 0 saturated carbocycles. The van der Waals surface area contributed by atoms with Crippen molar-refractivity contribution in [2.24, 2.45) is 0 Å². The number of nitrogens with zero attached hydrogens (tertiary/aromatic N) is 3. The number of fused-ring (bicyclic) bond motifs is 2. The van der Waals surface area contributed by atoms with Crippen molar-refractivity contribution in [3.8, 4) is 5.75 Å². The Kier molecular flexibility index (Phi) is 7.67. The van der Waals surface area contributed by atoms with Crippen molar-refractivity contribution in [1.29, 1.82) is 0 Å². The number of likely N-dealkylation sites (tertiary alicyclic amines) is 2. The molecule has 5 nitrogen and oxygen atoms in total. The Bertz CT molecular complexity index is 1080. The first-order chi connectivity index (χ1) is 17.0. The van der Waals surface area contributed by atoms with Crippen LogP contribution in [0.2, 0.25) is 0 Å². The van der Waals surface area contributed by atoms with E-state index in [1.807, 2.05) is 4.90 Å². The van der Waals surface area contributed by atoms with Gasteiger partial charge in [-0.05, 0) is 94.7 Å². The van der Waals surface area contributed by atoms with Gasteiger partial charge in [0.2, 0.25) is 0 Å². The van der Waals surface area contributed by atoms with Gasteiger partial charge in [-0.25, -0.2) is 0 Å². The lowest BCUT2D eigenvalue weighted by Gasteiger charge is -2.38. The van der Waals surface area contributed by atoms with E-state index >= 15 is 0 Å². The van der Waals surface area contributed by atoms with Gasteiger partial charge in [0.05, 0.1) is 12.2 Å². The molecule has 2 aliphatic rings. The summed E-state index contributed by atoms with van der Waals surface area (Å²) < 4.78 is 44.6. The van der Waals surface area contributed by atoms with Crippen LogP contribution in [-0.4, -0.2) is 73.0 Å². The molecule has 3 atom stereocenters. The second-order valence-electron chi connectivity index (χ2n) is 10.4. The molecule has 2 saturated heterocycles. The molecular formula is C28H36F3N3O2. The fraction of sp³-hybridized carbons (Fsp3) is 0.536. The minimum Gasteiger partial charge on any atom is -0.493 e. The SMILES string of the molecule is Cc1c(OCCCN(C)C)ccc([C@H](C)N2C[C@@H]3C[C@H]2CN3C(=O)c2ccc(C(F)(F)F)cc2)c1C. The largest absolute Gasteiger partial charge is 0.493 e. The maximum Gasteiger partial charge on any atom is 0.416 e. The molecule has 0 aromatic heterocycles. The standard InChI is InChI=1S/C28H36F3N3O2/c1-18-19(2)26(36-14-6-13-32(4)5)12-11-25(18)20(3)33-16-24-15-23(33)17-34(24)27(35)21-7-9-22(10-8-21)28(29,30)31/h7-12,20,23-24H,6,13-17H2,1-5H3/t20-,23-,24-/m0/s1. The second-order valence-corrected chi connectivity index (χ2v) is 10.4. The van der Waals surface area contributed by atoms with E-state index in [9.17, 15) is 18.0 Å². The van der Waals surface area contributed by atoms with Gasteiger partial charge >= 0.3 is 6.18 Å². The molecule has 8 heteroatoms. The molecule has 0 radical (unpaired) electrons. The van der Waals surface area contributed by atoms with Crippen molar-refractivity contribution >= 4 is 5.91 Å². The van der Waals surface area contributed by atoms with Crippen LogP contribution in [0.5, 0.6) is 5.75 Å². The maximum absolute atomic E-state index is 13.0. The molecule has 4 rings (SSSR count). The van der Waals surface area contributed by atoms with E-state index < -0.39 is 11.7 Å². The summed E-state index contributed by atoms with van der Waals surface area (Å²) in [5.74, 6) is 0.741. The highest BCUT2D eigenvalue weighted by Gasteiger charge is 2.47. The van der Waals surface area contributed by atoms with E-state index in [1.54, 1.807) is 0 Å². The highest BCUT2D eigenvalue weighted by atomic mass is 19.4. The Hall–Kier alpha value is -2.58. The average Bonchev–Trinajstić information content (AvgIpc) is 3.44. The summed E-state index contributed by atoms with van der Waals surface area (Å²) in [7, 11) is 4.11. The summed E-state index contributed by atoms with van der Waals surface area (Å²) in [5, 5.41) is 0. The van der Waals surface area contributed by atoms with E-state index in [0.29, 0.717) is 18.7 Å². The van der Waals surface area contributed by atoms with E-state index in [1.165, 1.54) is 23.3 Å². The van der Waals surface area contributed by atoms with E-state index in [2.05, 4.69) is 56.8 Å². The van der Waals surface area contributed by atoms with Crippen LogP contribution in [0.4, 0.5) is 13.2 Å². The van der Waals surface area contributed by atoms with Crippen molar-refractivity contribution in [2.45, 2.75) is 57.9 Å². The Morgan fingerprint density at radius 1 is 1.06 bits per heavy atom. The number of hydrogen-bond donors (Lipinski definition) is 0. The fourth-order valence-corrected chi connectivity index (χ4v) is 5.56. The molecule has 36 heavy (non-hydrogen) atoms. The summed E-state index contributed by atoms with van der Waals surface area (Å²) >= 11 is 0. The van der Waals surface area contributed by atoms with Gasteiger partial charge in [-0.15, -0.1) is 0 Å². The number of alkyl halides is 3. The average molecular weight is 504 g/mol. The number of benzene rings is 2. The summed E-state index contributed by atoms with van der Waals surface area (Å²) in [4.78, 5) is 19.5. The number of halogens is 3. The number of ether oxygens (including phenoxy) is 1. The molecule has 2 heterocycles. The van der Waals surface area contributed by atoms with Gasteiger partial charge in [0.1, 0.15) is 5.75 Å². The van der Waals surface area contributed by atoms with E-state index in [4.69, 9.17) is 4.74 Å². The molecule has 2 aliphatic heterocycles. The van der Waals surface area contributed by atoms with E-state index in [-0.39, 0.29) is 24.0 Å². The highest BCUT2D eigenvalue weighted by Crippen LogP contribution is 2.39. The Morgan fingerprint density at radius 2 is 1.75 bits per heavy atom. The van der Waals surface area contributed by atoms with Crippen molar-refractivity contribution < 1.29 is 22.7 Å². The predicted octanol–water partition coefficient (Wildman–Crippen LogP) is 5.31. The van der Waals surface area contributed by atoms with Gasteiger partial charge in [-0.1, -0.05) is 6.07 Å². The molecule has 2 bridgehead atoms. The quantitative estimate of drug-likeness (QED) is 0.458. The van der Waals surface area contributed by atoms with Gasteiger partial charge in [-0.3, -0.25) is 9.69 Å². The molecule has 0 aliphatic carbocycles. The summed E-state index contributed by atoms with van der Waals surface area (Å²) in [6.45, 7) is 9.49. The maximum atomic E-state index is 13.0. The van der Waals surface area contributed by atoms with Crippen LogP contribution in [0.25, 0.3) is 0 Å². The summed E-state index contributed by atoms with van der Waals surface area (Å²) in [6.07, 6.45) is -2.54. The molecule has 0 unspecified atom stereocenters. The van der Waals surface area contributed by atoms with Crippen LogP contribution in [0.15, 0.2) is 36.4 Å². The third-order valence-electron chi connectivity index (χ3n) is 7.74. The molecule has 0 spiro atoms. The van der Waals surface area contributed by atoms with Crippen LogP contribution >= 0.6 is 0 Å². The number of carbonyl (C=O) groups is 1. The van der Waals surface area contributed by atoms with Crippen molar-refractivity contribution in [1.82, 2.24) is 14.7 Å².